The average Bonchev–Trinajstić information content (AvgIpc) is 3.38. The maximum absolute atomic E-state index is 4.40. The third-order valence-corrected chi connectivity index (χ3v) is 7.79. The number of aromatic nitrogens is 4. The Hall–Kier alpha value is -1.84. The van der Waals surface area contributed by atoms with Crippen molar-refractivity contribution in [2.24, 2.45) is 0 Å². The first-order valence-corrected chi connectivity index (χ1v) is 12.4. The first kappa shape index (κ1) is 18.5. The van der Waals surface area contributed by atoms with Gasteiger partial charge < -0.3 is 0 Å². The van der Waals surface area contributed by atoms with Crippen molar-refractivity contribution in [3.8, 4) is 22.5 Å². The molecule has 4 rings (SSSR count). The molecule has 27 heavy (non-hydrogen) atoms. The number of nitrogens with zero attached hydrogens (tertiary/aromatic N) is 4. The monoisotopic (exact) mass is 488 g/mol. The Morgan fingerprint density at radius 2 is 1.00 bits per heavy atom. The van der Waals surface area contributed by atoms with Gasteiger partial charge in [-0.15, -0.1) is 0 Å². The van der Waals surface area contributed by atoms with Crippen LogP contribution in [0.2, 0.25) is 0 Å². The van der Waals surface area contributed by atoms with Crippen LogP contribution in [0, 0.1) is 0 Å². The van der Waals surface area contributed by atoms with Crippen molar-refractivity contribution in [2.75, 3.05) is 0 Å². The number of hydrogen-bond acceptors (Lipinski definition) is 4. The summed E-state index contributed by atoms with van der Waals surface area (Å²) in [5.74, 6) is 0. The fraction of sp³-hybridized carbons (Fsp3) is 0.238. The molecule has 0 amide bonds. The van der Waals surface area contributed by atoms with Crippen molar-refractivity contribution in [1.29, 1.82) is 0 Å². The van der Waals surface area contributed by atoms with Gasteiger partial charge in [0.15, 0.2) is 0 Å². The molecule has 0 bridgehead atoms. The topological polar surface area (TPSA) is 51.6 Å². The van der Waals surface area contributed by atoms with Crippen LogP contribution in [0.5, 0.6) is 0 Å². The van der Waals surface area contributed by atoms with E-state index in [1.165, 1.54) is 39.3 Å². The summed E-state index contributed by atoms with van der Waals surface area (Å²) in [4.78, 5) is 0. The van der Waals surface area contributed by atoms with Crippen molar-refractivity contribution >= 4 is 29.5 Å². The summed E-state index contributed by atoms with van der Waals surface area (Å²) in [6.45, 7) is 0. The summed E-state index contributed by atoms with van der Waals surface area (Å²) in [7, 11) is 0. The zero-order valence-electron chi connectivity index (χ0n) is 14.9. The van der Waals surface area contributed by atoms with E-state index in [1.54, 1.807) is 0 Å². The summed E-state index contributed by atoms with van der Waals surface area (Å²) in [5.41, 5.74) is 4.62. The van der Waals surface area contributed by atoms with E-state index in [2.05, 4.69) is 66.9 Å². The summed E-state index contributed by atoms with van der Waals surface area (Å²) < 4.78 is 11.5. The molecule has 2 heterocycles. The molecule has 0 fully saturated rings. The first-order valence-electron chi connectivity index (χ1n) is 9.15. The van der Waals surface area contributed by atoms with Crippen LogP contribution in [0.1, 0.15) is 28.1 Å². The Morgan fingerprint density at radius 1 is 0.556 bits per heavy atom. The van der Waals surface area contributed by atoms with E-state index < -0.39 is 0 Å². The van der Waals surface area contributed by atoms with Crippen LogP contribution in [0.3, 0.4) is 0 Å². The molecule has 0 radical (unpaired) electrons. The van der Waals surface area contributed by atoms with Crippen LogP contribution in [0.4, 0.5) is 0 Å². The molecule has 0 unspecified atom stereocenters. The van der Waals surface area contributed by atoms with E-state index in [4.69, 9.17) is 0 Å². The van der Waals surface area contributed by atoms with Gasteiger partial charge in [-0.3, -0.25) is 0 Å². The first-order chi connectivity index (χ1) is 13.4. The van der Waals surface area contributed by atoms with Gasteiger partial charge in [0.1, 0.15) is 0 Å². The Labute approximate surface area is 171 Å². The van der Waals surface area contributed by atoms with Crippen molar-refractivity contribution in [3.05, 3.63) is 69.5 Å². The zero-order chi connectivity index (χ0) is 18.3. The van der Waals surface area contributed by atoms with Crippen molar-refractivity contribution in [3.63, 3.8) is 0 Å². The normalized spacial score (nSPS) is 11.0. The molecule has 0 aliphatic carbocycles. The molecule has 0 saturated carbocycles. The van der Waals surface area contributed by atoms with Gasteiger partial charge in [-0.1, -0.05) is 0 Å². The summed E-state index contributed by atoms with van der Waals surface area (Å²) in [6, 6.07) is 20.9. The standard InChI is InChI=1S/C21H20N4Se2/c1-4-10-16(11-5-1)20-18(26-24-22-20)14-8-3-9-15-19-21(23-25-27-19)17-12-6-2-7-13-17/h1-2,4-7,10-13H,3,8-9,14-15H2. The van der Waals surface area contributed by atoms with Gasteiger partial charge >= 0.3 is 172 Å². The minimum atomic E-state index is 0.181. The van der Waals surface area contributed by atoms with E-state index in [-0.39, 0.29) is 29.5 Å². The molecule has 4 nitrogen and oxygen atoms in total. The minimum absolute atomic E-state index is 0.181. The van der Waals surface area contributed by atoms with E-state index in [1.807, 2.05) is 12.1 Å². The van der Waals surface area contributed by atoms with Crippen LogP contribution >= 0.6 is 0 Å². The fourth-order valence-electron chi connectivity index (χ4n) is 3.12. The molecule has 2 aromatic heterocycles. The van der Waals surface area contributed by atoms with E-state index in [0.29, 0.717) is 0 Å². The molecule has 0 atom stereocenters. The van der Waals surface area contributed by atoms with Gasteiger partial charge in [-0.25, -0.2) is 0 Å². The van der Waals surface area contributed by atoms with Crippen LogP contribution < -0.4 is 0 Å². The molecule has 136 valence electrons. The SMILES string of the molecule is c1ccc(-c2nn[se]c2CCCCCc2[se]nnc2-c2ccccc2)cc1. The van der Waals surface area contributed by atoms with Crippen LogP contribution in [0.25, 0.3) is 22.5 Å². The average molecular weight is 486 g/mol. The van der Waals surface area contributed by atoms with Gasteiger partial charge in [0.25, 0.3) is 0 Å². The molecule has 4 aromatic rings. The summed E-state index contributed by atoms with van der Waals surface area (Å²) >= 11 is 0.362. The summed E-state index contributed by atoms with van der Waals surface area (Å²) in [5, 5.41) is 8.79. The third kappa shape index (κ3) is 4.71. The number of unbranched alkanes of at least 4 members (excludes halogenated alkanes) is 2. The van der Waals surface area contributed by atoms with Gasteiger partial charge in [0.05, 0.1) is 0 Å². The van der Waals surface area contributed by atoms with Crippen molar-refractivity contribution < 1.29 is 0 Å². The number of aryl methyl sites for hydroxylation is 2. The number of hydrogen-bond donors (Lipinski definition) is 0. The Morgan fingerprint density at radius 3 is 1.44 bits per heavy atom. The Balaban J connectivity index is 1.29. The second kappa shape index (κ2) is 9.38. The van der Waals surface area contributed by atoms with Crippen LogP contribution in [-0.2, 0) is 12.8 Å². The second-order valence-electron chi connectivity index (χ2n) is 6.38. The zero-order valence-corrected chi connectivity index (χ0v) is 18.3. The molecular weight excluding hydrogens is 466 g/mol. The molecule has 0 aliphatic rings. The van der Waals surface area contributed by atoms with Crippen LogP contribution in [0.15, 0.2) is 60.7 Å². The summed E-state index contributed by atoms with van der Waals surface area (Å²) in [6.07, 6.45) is 5.86. The third-order valence-electron chi connectivity index (χ3n) is 4.51. The molecule has 0 N–H and O–H groups in total. The molecule has 6 heteroatoms. The van der Waals surface area contributed by atoms with Crippen LogP contribution in [-0.4, -0.2) is 47.9 Å². The number of benzene rings is 2. The maximum atomic E-state index is 4.40. The van der Waals surface area contributed by atoms with Gasteiger partial charge in [0, 0.05) is 0 Å². The van der Waals surface area contributed by atoms with E-state index in [9.17, 15) is 0 Å². The Kier molecular flexibility index (Phi) is 6.44. The molecular formula is C21H20N4Se2. The molecule has 0 spiro atoms. The predicted molar refractivity (Wildman–Crippen MR) is 110 cm³/mol. The van der Waals surface area contributed by atoms with Crippen molar-refractivity contribution in [2.45, 2.75) is 32.1 Å². The number of rotatable bonds is 8. The van der Waals surface area contributed by atoms with Gasteiger partial charge in [0.2, 0.25) is 0 Å². The quantitative estimate of drug-likeness (QED) is 0.282. The molecule has 0 saturated heterocycles. The predicted octanol–water partition coefficient (Wildman–Crippen LogP) is 3.67. The van der Waals surface area contributed by atoms with E-state index >= 15 is 0 Å². The van der Waals surface area contributed by atoms with Gasteiger partial charge in [-0.05, 0) is 0 Å². The Bertz CT molecular complexity index is 884. The van der Waals surface area contributed by atoms with Gasteiger partial charge in [-0.2, -0.15) is 0 Å². The second-order valence-corrected chi connectivity index (χ2v) is 9.90. The van der Waals surface area contributed by atoms with E-state index in [0.717, 1.165) is 24.2 Å². The molecule has 0 aliphatic heterocycles. The molecule has 2 aromatic carbocycles. The van der Waals surface area contributed by atoms with Crippen molar-refractivity contribution in [1.82, 2.24) is 18.4 Å². The fourth-order valence-corrected chi connectivity index (χ4v) is 6.07.